The monoisotopic (exact) mass is 298 g/mol. The Balaban J connectivity index is 2.19. The molecule has 0 aliphatic rings. The molecule has 1 aromatic carbocycles. The molecule has 4 heteroatoms. The van der Waals surface area contributed by atoms with E-state index in [4.69, 9.17) is 0 Å². The van der Waals surface area contributed by atoms with Crippen LogP contribution in [0.1, 0.15) is 18.4 Å². The number of amides is 1. The van der Waals surface area contributed by atoms with Gasteiger partial charge < -0.3 is 10.6 Å². The zero-order valence-corrected chi connectivity index (χ0v) is 11.7. The maximum atomic E-state index is 11.5. The summed E-state index contributed by atoms with van der Waals surface area (Å²) < 4.78 is 1.06. The van der Waals surface area contributed by atoms with Crippen LogP contribution in [-0.2, 0) is 11.2 Å². The third-order valence-electron chi connectivity index (χ3n) is 2.46. The number of halogens is 1. The highest BCUT2D eigenvalue weighted by Gasteiger charge is 2.01. The number of carbonyl (C=O) groups excluding carboxylic acids is 1. The molecule has 3 nitrogen and oxygen atoms in total. The quantitative estimate of drug-likeness (QED) is 0.757. The van der Waals surface area contributed by atoms with Crippen LogP contribution in [0.25, 0.3) is 0 Å². The van der Waals surface area contributed by atoms with Gasteiger partial charge in [-0.3, -0.25) is 4.79 Å². The van der Waals surface area contributed by atoms with Gasteiger partial charge in [-0.25, -0.2) is 0 Å². The molecule has 0 saturated heterocycles. The van der Waals surface area contributed by atoms with Gasteiger partial charge >= 0.3 is 0 Å². The highest BCUT2D eigenvalue weighted by atomic mass is 79.9. The summed E-state index contributed by atoms with van der Waals surface area (Å²) in [4.78, 5) is 11.5. The molecule has 0 fully saturated rings. The predicted molar refractivity (Wildman–Crippen MR) is 74.0 cm³/mol. The van der Waals surface area contributed by atoms with E-state index in [9.17, 15) is 4.79 Å². The van der Waals surface area contributed by atoms with Gasteiger partial charge in [-0.05, 0) is 44.1 Å². The van der Waals surface area contributed by atoms with Crippen LogP contribution in [0, 0.1) is 0 Å². The van der Waals surface area contributed by atoms with Crippen molar-refractivity contribution < 1.29 is 4.79 Å². The number of rotatable bonds is 7. The third kappa shape index (κ3) is 6.44. The molecule has 0 atom stereocenters. The zero-order valence-electron chi connectivity index (χ0n) is 10.1. The molecule has 0 saturated carbocycles. The lowest BCUT2D eigenvalue weighted by Gasteiger charge is -2.05. The van der Waals surface area contributed by atoms with E-state index < -0.39 is 0 Å². The Morgan fingerprint density at radius 2 is 2.18 bits per heavy atom. The van der Waals surface area contributed by atoms with Gasteiger partial charge in [0.15, 0.2) is 0 Å². The Morgan fingerprint density at radius 3 is 2.88 bits per heavy atom. The molecule has 0 spiro atoms. The first-order chi connectivity index (χ1) is 8.22. The topological polar surface area (TPSA) is 41.1 Å². The zero-order chi connectivity index (χ0) is 12.5. The van der Waals surface area contributed by atoms with E-state index in [0.717, 1.165) is 30.4 Å². The average Bonchev–Trinajstić information content (AvgIpc) is 2.32. The molecule has 94 valence electrons. The number of aryl methyl sites for hydroxylation is 1. The lowest BCUT2D eigenvalue weighted by Crippen LogP contribution is -2.26. The number of benzene rings is 1. The fraction of sp³-hybridized carbons (Fsp3) is 0.462. The second kappa shape index (κ2) is 8.25. The first kappa shape index (κ1) is 14.2. The van der Waals surface area contributed by atoms with E-state index in [1.807, 2.05) is 31.3 Å². The molecule has 0 aliphatic heterocycles. The lowest BCUT2D eigenvalue weighted by atomic mass is 10.1. The van der Waals surface area contributed by atoms with E-state index in [-0.39, 0.29) is 5.91 Å². The van der Waals surface area contributed by atoms with Crippen molar-refractivity contribution >= 4 is 21.8 Å². The van der Waals surface area contributed by atoms with Crippen LogP contribution in [0.5, 0.6) is 0 Å². The van der Waals surface area contributed by atoms with Crippen LogP contribution in [0.15, 0.2) is 28.7 Å². The van der Waals surface area contributed by atoms with Crippen LogP contribution >= 0.6 is 15.9 Å². The summed E-state index contributed by atoms with van der Waals surface area (Å²) in [5, 5.41) is 5.96. The molecule has 0 radical (unpaired) electrons. The third-order valence-corrected chi connectivity index (χ3v) is 2.95. The lowest BCUT2D eigenvalue weighted by molar-refractivity contribution is -0.121. The minimum Gasteiger partial charge on any atom is -0.356 e. The summed E-state index contributed by atoms with van der Waals surface area (Å²) in [6.45, 7) is 1.68. The molecule has 2 N–H and O–H groups in total. The Kier molecular flexibility index (Phi) is 6.89. The van der Waals surface area contributed by atoms with Crippen LogP contribution in [0.3, 0.4) is 0 Å². The highest BCUT2D eigenvalue weighted by molar-refractivity contribution is 9.10. The standard InChI is InChI=1S/C13H19BrN2O/c1-15-8-3-9-16-13(17)7-6-11-4-2-5-12(14)10-11/h2,4-5,10,15H,3,6-9H2,1H3,(H,16,17). The van der Waals surface area contributed by atoms with Crippen molar-refractivity contribution in [1.82, 2.24) is 10.6 Å². The second-order valence-corrected chi connectivity index (χ2v) is 4.85. The molecular formula is C13H19BrN2O. The maximum absolute atomic E-state index is 11.5. The Bertz CT molecular complexity index is 355. The van der Waals surface area contributed by atoms with Crippen molar-refractivity contribution in [3.63, 3.8) is 0 Å². The number of hydrogen-bond donors (Lipinski definition) is 2. The molecule has 17 heavy (non-hydrogen) atoms. The SMILES string of the molecule is CNCCCNC(=O)CCc1cccc(Br)c1. The van der Waals surface area contributed by atoms with Gasteiger partial charge in [-0.15, -0.1) is 0 Å². The normalized spacial score (nSPS) is 10.2. The predicted octanol–water partition coefficient (Wildman–Crippen LogP) is 2.11. The Hall–Kier alpha value is -0.870. The van der Waals surface area contributed by atoms with Crippen molar-refractivity contribution in [3.8, 4) is 0 Å². The van der Waals surface area contributed by atoms with E-state index >= 15 is 0 Å². The molecular weight excluding hydrogens is 280 g/mol. The smallest absolute Gasteiger partial charge is 0.220 e. The minimum absolute atomic E-state index is 0.126. The summed E-state index contributed by atoms with van der Waals surface area (Å²) in [5.41, 5.74) is 1.18. The first-order valence-corrected chi connectivity index (χ1v) is 6.67. The molecule has 0 bridgehead atoms. The van der Waals surface area contributed by atoms with Gasteiger partial charge in [0.2, 0.25) is 5.91 Å². The fourth-order valence-corrected chi connectivity index (χ4v) is 1.98. The van der Waals surface area contributed by atoms with Crippen LogP contribution in [0.4, 0.5) is 0 Å². The highest BCUT2D eigenvalue weighted by Crippen LogP contribution is 2.12. The van der Waals surface area contributed by atoms with E-state index in [1.54, 1.807) is 0 Å². The minimum atomic E-state index is 0.126. The van der Waals surface area contributed by atoms with Crippen LogP contribution in [0.2, 0.25) is 0 Å². The van der Waals surface area contributed by atoms with E-state index in [2.05, 4.69) is 26.6 Å². The molecule has 0 heterocycles. The summed E-state index contributed by atoms with van der Waals surface area (Å²) in [6.07, 6.45) is 2.31. The molecule has 0 unspecified atom stereocenters. The van der Waals surface area contributed by atoms with E-state index in [1.165, 1.54) is 5.56 Å². The molecule has 0 aliphatic carbocycles. The number of nitrogens with one attached hydrogen (secondary N) is 2. The molecule has 1 amide bonds. The van der Waals surface area contributed by atoms with E-state index in [0.29, 0.717) is 6.42 Å². The second-order valence-electron chi connectivity index (χ2n) is 3.94. The maximum Gasteiger partial charge on any atom is 0.220 e. The average molecular weight is 299 g/mol. The van der Waals surface area contributed by atoms with Gasteiger partial charge in [-0.1, -0.05) is 28.1 Å². The van der Waals surface area contributed by atoms with Crippen molar-refractivity contribution in [1.29, 1.82) is 0 Å². The van der Waals surface area contributed by atoms with Crippen molar-refractivity contribution in [2.45, 2.75) is 19.3 Å². The summed E-state index contributed by atoms with van der Waals surface area (Å²) >= 11 is 3.42. The van der Waals surface area contributed by atoms with Crippen molar-refractivity contribution in [2.75, 3.05) is 20.1 Å². The van der Waals surface area contributed by atoms with Gasteiger partial charge in [0.05, 0.1) is 0 Å². The first-order valence-electron chi connectivity index (χ1n) is 5.88. The Morgan fingerprint density at radius 1 is 1.35 bits per heavy atom. The van der Waals surface area contributed by atoms with Gasteiger partial charge in [0.1, 0.15) is 0 Å². The summed E-state index contributed by atoms with van der Waals surface area (Å²) in [7, 11) is 1.91. The fourth-order valence-electron chi connectivity index (χ4n) is 1.53. The van der Waals surface area contributed by atoms with Crippen LogP contribution in [-0.4, -0.2) is 26.0 Å². The number of hydrogen-bond acceptors (Lipinski definition) is 2. The largest absolute Gasteiger partial charge is 0.356 e. The summed E-state index contributed by atoms with van der Waals surface area (Å²) in [6, 6.07) is 8.07. The molecule has 0 aromatic heterocycles. The molecule has 1 rings (SSSR count). The Labute approximate surface area is 111 Å². The number of carbonyl (C=O) groups is 1. The molecule has 1 aromatic rings. The van der Waals surface area contributed by atoms with Gasteiger partial charge in [0.25, 0.3) is 0 Å². The van der Waals surface area contributed by atoms with Crippen LogP contribution < -0.4 is 10.6 Å². The van der Waals surface area contributed by atoms with Crippen molar-refractivity contribution in [2.24, 2.45) is 0 Å². The summed E-state index contributed by atoms with van der Waals surface area (Å²) in [5.74, 6) is 0.126. The van der Waals surface area contributed by atoms with Crippen molar-refractivity contribution in [3.05, 3.63) is 34.3 Å². The van der Waals surface area contributed by atoms with Gasteiger partial charge in [0, 0.05) is 17.4 Å². The van der Waals surface area contributed by atoms with Gasteiger partial charge in [-0.2, -0.15) is 0 Å².